The first kappa shape index (κ1) is 17.0. The maximum Gasteiger partial charge on any atom is 0.230 e. The van der Waals surface area contributed by atoms with Crippen LogP contribution in [0, 0.1) is 19.8 Å². The minimum Gasteiger partial charge on any atom is -0.383 e. The number of carbonyl (C=O) groups excluding carboxylic acids is 1. The van der Waals surface area contributed by atoms with Crippen LogP contribution in [0.4, 0.5) is 5.82 Å². The Morgan fingerprint density at radius 3 is 2.64 bits per heavy atom. The first-order chi connectivity index (χ1) is 10.3. The molecule has 2 rings (SSSR count). The van der Waals surface area contributed by atoms with E-state index in [1.807, 2.05) is 13.8 Å². The molecule has 2 aromatic heterocycles. The number of nitrogens with two attached hydrogens (primary N) is 1. The van der Waals surface area contributed by atoms with Gasteiger partial charge in [0.05, 0.1) is 11.1 Å². The van der Waals surface area contributed by atoms with E-state index in [1.54, 1.807) is 11.3 Å². The molecule has 0 aliphatic heterocycles. The van der Waals surface area contributed by atoms with Crippen LogP contribution >= 0.6 is 23.1 Å². The number of hydrogen-bond acceptors (Lipinski definition) is 6. The van der Waals surface area contributed by atoms with Crippen LogP contribution in [-0.2, 0) is 4.79 Å². The van der Waals surface area contributed by atoms with E-state index >= 15 is 0 Å². The van der Waals surface area contributed by atoms with Crippen molar-refractivity contribution in [3.05, 3.63) is 10.4 Å². The van der Waals surface area contributed by atoms with Gasteiger partial charge in [0.15, 0.2) is 5.16 Å². The van der Waals surface area contributed by atoms with Gasteiger partial charge in [-0.15, -0.1) is 11.3 Å². The van der Waals surface area contributed by atoms with E-state index in [-0.39, 0.29) is 11.9 Å². The smallest absolute Gasteiger partial charge is 0.230 e. The molecule has 0 fully saturated rings. The summed E-state index contributed by atoms with van der Waals surface area (Å²) in [4.78, 5) is 22.8. The molecule has 22 heavy (non-hydrogen) atoms. The molecule has 1 amide bonds. The maximum atomic E-state index is 11.9. The monoisotopic (exact) mass is 338 g/mol. The number of hydrogen-bond donors (Lipinski definition) is 2. The Labute approximate surface area is 139 Å². The van der Waals surface area contributed by atoms with E-state index in [0.717, 1.165) is 15.8 Å². The van der Waals surface area contributed by atoms with Crippen molar-refractivity contribution >= 4 is 45.0 Å². The lowest BCUT2D eigenvalue weighted by atomic mass is 10.1. The molecule has 0 spiro atoms. The third kappa shape index (κ3) is 3.70. The molecule has 0 saturated carbocycles. The molecule has 0 bridgehead atoms. The third-order valence-corrected chi connectivity index (χ3v) is 5.71. The number of nitrogens with zero attached hydrogens (tertiary/aromatic N) is 2. The number of thiophene rings is 1. The van der Waals surface area contributed by atoms with E-state index in [2.05, 4.69) is 36.1 Å². The summed E-state index contributed by atoms with van der Waals surface area (Å²) in [6, 6.07) is 0.157. The van der Waals surface area contributed by atoms with Gasteiger partial charge in [-0.3, -0.25) is 4.79 Å². The van der Waals surface area contributed by atoms with Crippen LogP contribution < -0.4 is 11.1 Å². The van der Waals surface area contributed by atoms with Gasteiger partial charge < -0.3 is 11.1 Å². The highest BCUT2D eigenvalue weighted by Gasteiger charge is 2.15. The van der Waals surface area contributed by atoms with Crippen molar-refractivity contribution in [1.82, 2.24) is 15.3 Å². The van der Waals surface area contributed by atoms with Crippen molar-refractivity contribution in [1.29, 1.82) is 0 Å². The highest BCUT2D eigenvalue weighted by atomic mass is 32.2. The zero-order valence-corrected chi connectivity index (χ0v) is 15.2. The van der Waals surface area contributed by atoms with Crippen molar-refractivity contribution < 1.29 is 4.79 Å². The summed E-state index contributed by atoms with van der Waals surface area (Å²) >= 11 is 2.93. The molecular weight excluding hydrogens is 316 g/mol. The Balaban J connectivity index is 2.08. The van der Waals surface area contributed by atoms with Crippen LogP contribution in [0.2, 0.25) is 0 Å². The normalized spacial score (nSPS) is 12.8. The molecule has 3 N–H and O–H groups in total. The van der Waals surface area contributed by atoms with Gasteiger partial charge in [-0.25, -0.2) is 9.97 Å². The molecular formula is C15H22N4OS2. The summed E-state index contributed by atoms with van der Waals surface area (Å²) in [5.74, 6) is 1.19. The Morgan fingerprint density at radius 2 is 2.00 bits per heavy atom. The van der Waals surface area contributed by atoms with Crippen molar-refractivity contribution in [2.24, 2.45) is 5.92 Å². The van der Waals surface area contributed by atoms with Gasteiger partial charge in [-0.05, 0) is 32.3 Å². The average Bonchev–Trinajstić information content (AvgIpc) is 2.72. The first-order valence-corrected chi connectivity index (χ1v) is 9.05. The Bertz CT molecular complexity index is 696. The van der Waals surface area contributed by atoms with Crippen molar-refractivity contribution in [3.63, 3.8) is 0 Å². The molecule has 1 unspecified atom stereocenters. The highest BCUT2D eigenvalue weighted by molar-refractivity contribution is 7.99. The molecule has 1 atom stereocenters. The molecule has 5 nitrogen and oxygen atoms in total. The number of carbonyl (C=O) groups is 1. The molecule has 0 aliphatic rings. The first-order valence-electron chi connectivity index (χ1n) is 7.25. The Hall–Kier alpha value is -1.34. The Morgan fingerprint density at radius 1 is 1.32 bits per heavy atom. The van der Waals surface area contributed by atoms with Crippen LogP contribution in [0.25, 0.3) is 10.2 Å². The zero-order valence-electron chi connectivity index (χ0n) is 13.6. The number of aryl methyl sites for hydroxylation is 2. The maximum absolute atomic E-state index is 11.9. The number of nitrogen functional groups attached to an aromatic ring is 1. The van der Waals surface area contributed by atoms with Gasteiger partial charge in [0, 0.05) is 10.9 Å². The quantitative estimate of drug-likeness (QED) is 0.646. The molecule has 0 aliphatic carbocycles. The number of amides is 1. The summed E-state index contributed by atoms with van der Waals surface area (Å²) < 4.78 is 0. The van der Waals surface area contributed by atoms with Gasteiger partial charge >= 0.3 is 0 Å². The lowest BCUT2D eigenvalue weighted by Gasteiger charge is -2.16. The van der Waals surface area contributed by atoms with E-state index in [4.69, 9.17) is 5.73 Å². The number of anilines is 1. The van der Waals surface area contributed by atoms with Gasteiger partial charge in [0.25, 0.3) is 0 Å². The summed E-state index contributed by atoms with van der Waals surface area (Å²) in [7, 11) is 0. The molecule has 120 valence electrons. The Kier molecular flexibility index (Phi) is 5.28. The number of rotatable bonds is 5. The van der Waals surface area contributed by atoms with E-state index in [1.165, 1.54) is 16.6 Å². The highest BCUT2D eigenvalue weighted by Crippen LogP contribution is 2.33. The predicted octanol–water partition coefficient (Wildman–Crippen LogP) is 3.14. The van der Waals surface area contributed by atoms with E-state index in [0.29, 0.717) is 22.6 Å². The van der Waals surface area contributed by atoms with Crippen molar-refractivity contribution in [2.45, 2.75) is 45.8 Å². The standard InChI is InChI=1S/C15H22N4OS2/c1-7(2)9(4)17-11(20)6-21-15-18-13(16)12-8(3)10(5)22-14(12)19-15/h7,9H,6H2,1-5H3,(H,17,20)(H2,16,18,19). The van der Waals surface area contributed by atoms with Crippen LogP contribution in [-0.4, -0.2) is 27.7 Å². The predicted molar refractivity (Wildman–Crippen MR) is 94.5 cm³/mol. The van der Waals surface area contributed by atoms with Gasteiger partial charge in [-0.1, -0.05) is 25.6 Å². The zero-order chi connectivity index (χ0) is 16.4. The molecule has 0 aromatic carbocycles. The second-order valence-electron chi connectivity index (χ2n) is 5.74. The minimum atomic E-state index is -0.00740. The van der Waals surface area contributed by atoms with Gasteiger partial charge in [0.1, 0.15) is 10.6 Å². The van der Waals surface area contributed by atoms with Crippen molar-refractivity contribution in [3.8, 4) is 0 Å². The molecule has 2 aromatic rings. The summed E-state index contributed by atoms with van der Waals surface area (Å²) in [5.41, 5.74) is 7.18. The SMILES string of the molecule is Cc1sc2nc(SCC(=O)NC(C)C(C)C)nc(N)c2c1C. The molecule has 7 heteroatoms. The average molecular weight is 339 g/mol. The largest absolute Gasteiger partial charge is 0.383 e. The third-order valence-electron chi connectivity index (χ3n) is 3.76. The number of nitrogens with one attached hydrogen (secondary N) is 1. The van der Waals surface area contributed by atoms with Gasteiger partial charge in [-0.2, -0.15) is 0 Å². The van der Waals surface area contributed by atoms with Crippen LogP contribution in [0.1, 0.15) is 31.2 Å². The minimum absolute atomic E-state index is 0.00740. The topological polar surface area (TPSA) is 80.9 Å². The second-order valence-corrected chi connectivity index (χ2v) is 7.89. The second kappa shape index (κ2) is 6.83. The van der Waals surface area contributed by atoms with Gasteiger partial charge in [0.2, 0.25) is 5.91 Å². The lowest BCUT2D eigenvalue weighted by molar-refractivity contribution is -0.119. The lowest BCUT2D eigenvalue weighted by Crippen LogP contribution is -2.37. The van der Waals surface area contributed by atoms with Crippen LogP contribution in [0.3, 0.4) is 0 Å². The van der Waals surface area contributed by atoms with E-state index in [9.17, 15) is 4.79 Å². The fraction of sp³-hybridized carbons (Fsp3) is 0.533. The number of aromatic nitrogens is 2. The molecule has 0 saturated heterocycles. The van der Waals surface area contributed by atoms with E-state index < -0.39 is 0 Å². The van der Waals surface area contributed by atoms with Crippen LogP contribution in [0.15, 0.2) is 5.16 Å². The number of fused-ring (bicyclic) bond motifs is 1. The molecule has 0 radical (unpaired) electrons. The van der Waals surface area contributed by atoms with Crippen LogP contribution in [0.5, 0.6) is 0 Å². The molecule has 2 heterocycles. The number of thioether (sulfide) groups is 1. The fourth-order valence-corrected chi connectivity index (χ4v) is 3.67. The fourth-order valence-electron chi connectivity index (χ4n) is 1.92. The summed E-state index contributed by atoms with van der Waals surface area (Å²) in [6.07, 6.45) is 0. The summed E-state index contributed by atoms with van der Waals surface area (Å²) in [5, 5.41) is 4.46. The summed E-state index contributed by atoms with van der Waals surface area (Å²) in [6.45, 7) is 10.2. The van der Waals surface area contributed by atoms with Crippen molar-refractivity contribution in [2.75, 3.05) is 11.5 Å².